The first kappa shape index (κ1) is 14.3. The van der Waals surface area contributed by atoms with Gasteiger partial charge in [0.1, 0.15) is 5.75 Å². The van der Waals surface area contributed by atoms with Crippen LogP contribution in [0.15, 0.2) is 38.6 Å². The molecule has 0 bridgehead atoms. The van der Waals surface area contributed by atoms with E-state index in [9.17, 15) is 4.79 Å². The largest absolute Gasteiger partial charge is 0.496 e. The summed E-state index contributed by atoms with van der Waals surface area (Å²) in [5.74, 6) is 0.990. The number of aromatic nitrogens is 2. The van der Waals surface area contributed by atoms with Crippen molar-refractivity contribution in [3.63, 3.8) is 0 Å². The minimum Gasteiger partial charge on any atom is -0.496 e. The second-order valence-corrected chi connectivity index (χ2v) is 4.91. The number of rotatable bonds is 4. The van der Waals surface area contributed by atoms with Crippen molar-refractivity contribution in [3.8, 4) is 5.75 Å². The lowest BCUT2D eigenvalue weighted by molar-refractivity contribution is 0.414. The molecule has 0 aliphatic heterocycles. The van der Waals surface area contributed by atoms with Crippen LogP contribution in [0.5, 0.6) is 5.75 Å². The Kier molecular flexibility index (Phi) is 4.52. The van der Waals surface area contributed by atoms with Crippen LogP contribution in [0.2, 0.25) is 0 Å². The molecule has 0 atom stereocenters. The van der Waals surface area contributed by atoms with Gasteiger partial charge in [0.2, 0.25) is 5.95 Å². The molecule has 0 saturated heterocycles. The lowest BCUT2D eigenvalue weighted by Crippen LogP contribution is -2.10. The molecule has 0 aliphatic rings. The molecule has 2 rings (SSSR count). The normalized spacial score (nSPS) is 10.8. The molecular formula is C13H13BrN4O2. The number of aromatic amines is 1. The molecule has 1 aromatic heterocycles. The zero-order valence-corrected chi connectivity index (χ0v) is 12.6. The predicted octanol–water partition coefficient (Wildman–Crippen LogP) is 2.30. The molecule has 1 heterocycles. The van der Waals surface area contributed by atoms with Gasteiger partial charge in [0.25, 0.3) is 5.56 Å². The molecule has 0 fully saturated rings. The average molecular weight is 337 g/mol. The van der Waals surface area contributed by atoms with E-state index in [0.717, 1.165) is 10.0 Å². The summed E-state index contributed by atoms with van der Waals surface area (Å²) in [5.41, 5.74) is 3.86. The van der Waals surface area contributed by atoms with Crippen LogP contribution in [0.4, 0.5) is 5.95 Å². The standard InChI is InChI=1S/C13H13BrN4O2/c1-8-5-12(19)17-13(16-8)18-15-7-9-6-10(14)3-4-11(9)20-2/h3-7H,1-2H3,(H2,16,17,18,19)/b15-7-. The van der Waals surface area contributed by atoms with E-state index in [2.05, 4.69) is 36.4 Å². The number of H-pyrrole nitrogens is 1. The maximum atomic E-state index is 11.3. The van der Waals surface area contributed by atoms with E-state index in [1.54, 1.807) is 20.2 Å². The molecule has 0 unspecified atom stereocenters. The number of methoxy groups -OCH3 is 1. The number of anilines is 1. The smallest absolute Gasteiger partial charge is 0.252 e. The van der Waals surface area contributed by atoms with Crippen LogP contribution in [0, 0.1) is 6.92 Å². The Morgan fingerprint density at radius 1 is 1.45 bits per heavy atom. The summed E-state index contributed by atoms with van der Waals surface area (Å²) in [6.07, 6.45) is 1.59. The van der Waals surface area contributed by atoms with Gasteiger partial charge in [0.05, 0.1) is 13.3 Å². The number of hydrogen-bond donors (Lipinski definition) is 2. The number of nitrogens with zero attached hydrogens (tertiary/aromatic N) is 2. The van der Waals surface area contributed by atoms with Gasteiger partial charge in [-0.25, -0.2) is 10.4 Å². The molecule has 0 radical (unpaired) electrons. The molecule has 20 heavy (non-hydrogen) atoms. The van der Waals surface area contributed by atoms with Crippen LogP contribution in [0.25, 0.3) is 0 Å². The van der Waals surface area contributed by atoms with E-state index < -0.39 is 0 Å². The molecule has 0 aliphatic carbocycles. The summed E-state index contributed by atoms with van der Waals surface area (Å²) in [6.45, 7) is 1.74. The first-order chi connectivity index (χ1) is 9.58. The van der Waals surface area contributed by atoms with Gasteiger partial charge in [-0.3, -0.25) is 9.78 Å². The van der Waals surface area contributed by atoms with E-state index in [1.165, 1.54) is 6.07 Å². The molecule has 0 spiro atoms. The summed E-state index contributed by atoms with van der Waals surface area (Å²) in [6, 6.07) is 6.99. The fourth-order valence-corrected chi connectivity index (χ4v) is 1.98. The highest BCUT2D eigenvalue weighted by atomic mass is 79.9. The number of hydrogen-bond acceptors (Lipinski definition) is 5. The molecule has 6 nitrogen and oxygen atoms in total. The number of benzene rings is 1. The maximum absolute atomic E-state index is 11.3. The zero-order valence-electron chi connectivity index (χ0n) is 11.0. The number of nitrogens with one attached hydrogen (secondary N) is 2. The van der Waals surface area contributed by atoms with Gasteiger partial charge in [-0.05, 0) is 25.1 Å². The van der Waals surface area contributed by atoms with Gasteiger partial charge < -0.3 is 4.74 Å². The molecule has 0 saturated carbocycles. The van der Waals surface area contributed by atoms with Gasteiger partial charge in [-0.1, -0.05) is 15.9 Å². The minimum atomic E-state index is -0.227. The Hall–Kier alpha value is -2.15. The maximum Gasteiger partial charge on any atom is 0.252 e. The fraction of sp³-hybridized carbons (Fsp3) is 0.154. The highest BCUT2D eigenvalue weighted by Gasteiger charge is 2.01. The molecule has 2 N–H and O–H groups in total. The van der Waals surface area contributed by atoms with Crippen LogP contribution in [-0.4, -0.2) is 23.3 Å². The summed E-state index contributed by atoms with van der Waals surface area (Å²) < 4.78 is 6.15. The summed E-state index contributed by atoms with van der Waals surface area (Å²) in [4.78, 5) is 17.9. The second-order valence-electron chi connectivity index (χ2n) is 3.99. The van der Waals surface area contributed by atoms with Crippen molar-refractivity contribution in [3.05, 3.63) is 50.3 Å². The third kappa shape index (κ3) is 3.67. The van der Waals surface area contributed by atoms with Crippen molar-refractivity contribution < 1.29 is 4.74 Å². The molecular weight excluding hydrogens is 324 g/mol. The Balaban J connectivity index is 2.17. The second kappa shape index (κ2) is 6.33. The fourth-order valence-electron chi connectivity index (χ4n) is 1.60. The van der Waals surface area contributed by atoms with Crippen LogP contribution in [-0.2, 0) is 0 Å². The molecule has 7 heteroatoms. The SMILES string of the molecule is COc1ccc(Br)cc1/C=N\Nc1nc(C)cc(=O)[nH]1. The van der Waals surface area contributed by atoms with E-state index in [1.807, 2.05) is 18.2 Å². The lowest BCUT2D eigenvalue weighted by Gasteiger charge is -2.04. The van der Waals surface area contributed by atoms with Crippen molar-refractivity contribution in [2.45, 2.75) is 6.92 Å². The molecule has 1 aromatic carbocycles. The third-order valence-electron chi connectivity index (χ3n) is 2.44. The van der Waals surface area contributed by atoms with Crippen molar-refractivity contribution in [2.75, 3.05) is 12.5 Å². The Morgan fingerprint density at radius 3 is 2.95 bits per heavy atom. The van der Waals surface area contributed by atoms with Gasteiger partial charge in [-0.15, -0.1) is 0 Å². The minimum absolute atomic E-state index is 0.227. The highest BCUT2D eigenvalue weighted by Crippen LogP contribution is 2.21. The summed E-state index contributed by atoms with van der Waals surface area (Å²) in [5, 5.41) is 4.04. The predicted molar refractivity (Wildman–Crippen MR) is 81.5 cm³/mol. The van der Waals surface area contributed by atoms with Crippen molar-refractivity contribution in [2.24, 2.45) is 5.10 Å². The zero-order chi connectivity index (χ0) is 14.5. The first-order valence-corrected chi connectivity index (χ1v) is 6.58. The number of ether oxygens (including phenoxy) is 1. The van der Waals surface area contributed by atoms with Gasteiger partial charge in [0.15, 0.2) is 0 Å². The van der Waals surface area contributed by atoms with E-state index in [4.69, 9.17) is 4.74 Å². The van der Waals surface area contributed by atoms with E-state index in [0.29, 0.717) is 17.4 Å². The molecule has 104 valence electrons. The third-order valence-corrected chi connectivity index (χ3v) is 2.93. The topological polar surface area (TPSA) is 79.4 Å². The Bertz CT molecular complexity index is 697. The molecule has 2 aromatic rings. The van der Waals surface area contributed by atoms with Crippen LogP contribution >= 0.6 is 15.9 Å². The molecule has 0 amide bonds. The van der Waals surface area contributed by atoms with Gasteiger partial charge in [0, 0.05) is 21.8 Å². The van der Waals surface area contributed by atoms with Crippen molar-refractivity contribution in [1.82, 2.24) is 9.97 Å². The lowest BCUT2D eigenvalue weighted by atomic mass is 10.2. The van der Waals surface area contributed by atoms with E-state index >= 15 is 0 Å². The quantitative estimate of drug-likeness (QED) is 0.663. The van der Waals surface area contributed by atoms with Gasteiger partial charge >= 0.3 is 0 Å². The number of hydrazone groups is 1. The first-order valence-electron chi connectivity index (χ1n) is 5.79. The van der Waals surface area contributed by atoms with Crippen LogP contribution in [0.3, 0.4) is 0 Å². The van der Waals surface area contributed by atoms with Crippen molar-refractivity contribution in [1.29, 1.82) is 0 Å². The summed E-state index contributed by atoms with van der Waals surface area (Å²) >= 11 is 3.38. The monoisotopic (exact) mass is 336 g/mol. The highest BCUT2D eigenvalue weighted by molar-refractivity contribution is 9.10. The Labute approximate surface area is 124 Å². The average Bonchev–Trinajstić information content (AvgIpc) is 2.38. The van der Waals surface area contributed by atoms with Gasteiger partial charge in [-0.2, -0.15) is 5.10 Å². The number of halogens is 1. The number of aryl methyl sites for hydroxylation is 1. The summed E-state index contributed by atoms with van der Waals surface area (Å²) in [7, 11) is 1.59. The van der Waals surface area contributed by atoms with Crippen LogP contribution < -0.4 is 15.7 Å². The van der Waals surface area contributed by atoms with Crippen molar-refractivity contribution >= 4 is 28.1 Å². The van der Waals surface area contributed by atoms with E-state index in [-0.39, 0.29) is 5.56 Å². The Morgan fingerprint density at radius 2 is 2.25 bits per heavy atom. The van der Waals surface area contributed by atoms with Crippen LogP contribution in [0.1, 0.15) is 11.3 Å².